The third kappa shape index (κ3) is 3.02. The first kappa shape index (κ1) is 13.2. The fraction of sp³-hybridized carbons (Fsp3) is 0.333. The van der Waals surface area contributed by atoms with E-state index in [0.29, 0.717) is 6.04 Å². The summed E-state index contributed by atoms with van der Waals surface area (Å²) in [7, 11) is 0. The van der Waals surface area contributed by atoms with Crippen molar-refractivity contribution in [3.8, 4) is 0 Å². The summed E-state index contributed by atoms with van der Waals surface area (Å²) in [5.74, 6) is 0. The van der Waals surface area contributed by atoms with Gasteiger partial charge in [0.2, 0.25) is 0 Å². The Kier molecular flexibility index (Phi) is 4.03. The average Bonchev–Trinajstić information content (AvgIpc) is 2.49. The number of aliphatic hydroxyl groups excluding tert-OH is 1. The third-order valence-electron chi connectivity index (χ3n) is 4.07. The number of fused-ring (bicyclic) bond motifs is 1. The molecule has 2 aromatic carbocycles. The molecule has 2 aromatic rings. The molecule has 2 heteroatoms. The lowest BCUT2D eigenvalue weighted by Gasteiger charge is -2.26. The van der Waals surface area contributed by atoms with Crippen molar-refractivity contribution in [1.29, 1.82) is 0 Å². The summed E-state index contributed by atoms with van der Waals surface area (Å²) in [6, 6.07) is 17.7. The van der Waals surface area contributed by atoms with Crippen LogP contribution in [0.1, 0.15) is 23.1 Å². The number of benzene rings is 2. The Morgan fingerprint density at radius 1 is 1.00 bits per heavy atom. The second kappa shape index (κ2) is 6.10. The second-order valence-electron chi connectivity index (χ2n) is 5.52. The van der Waals surface area contributed by atoms with Crippen molar-refractivity contribution in [1.82, 2.24) is 0 Å². The van der Waals surface area contributed by atoms with E-state index in [4.69, 9.17) is 5.11 Å². The molecule has 0 bridgehead atoms. The molecule has 1 aliphatic rings. The van der Waals surface area contributed by atoms with E-state index in [1.807, 2.05) is 0 Å². The molecule has 0 radical (unpaired) electrons. The molecular weight excluding hydrogens is 246 g/mol. The average molecular weight is 267 g/mol. The zero-order valence-corrected chi connectivity index (χ0v) is 11.7. The maximum atomic E-state index is 8.93. The number of anilines is 1. The summed E-state index contributed by atoms with van der Waals surface area (Å²) in [5, 5.41) is 12.6. The zero-order valence-electron chi connectivity index (χ0n) is 11.7. The van der Waals surface area contributed by atoms with Gasteiger partial charge in [0, 0.05) is 18.3 Å². The molecule has 0 aliphatic heterocycles. The summed E-state index contributed by atoms with van der Waals surface area (Å²) in [6.07, 6.45) is 4.19. The van der Waals surface area contributed by atoms with E-state index in [9.17, 15) is 0 Å². The van der Waals surface area contributed by atoms with Gasteiger partial charge in [-0.05, 0) is 54.5 Å². The first-order valence-electron chi connectivity index (χ1n) is 7.38. The highest BCUT2D eigenvalue weighted by atomic mass is 16.2. The van der Waals surface area contributed by atoms with Gasteiger partial charge in [-0.25, -0.2) is 0 Å². The molecule has 104 valence electrons. The Morgan fingerprint density at radius 2 is 1.75 bits per heavy atom. The van der Waals surface area contributed by atoms with Crippen LogP contribution in [0, 0.1) is 0 Å². The minimum absolute atomic E-state index is 0.214. The van der Waals surface area contributed by atoms with Crippen LogP contribution in [0.3, 0.4) is 0 Å². The van der Waals surface area contributed by atoms with Crippen LogP contribution in [-0.4, -0.2) is 17.8 Å². The summed E-state index contributed by atoms with van der Waals surface area (Å²) in [5.41, 5.74) is 5.35. The van der Waals surface area contributed by atoms with Gasteiger partial charge in [0.05, 0.1) is 0 Å². The van der Waals surface area contributed by atoms with Crippen LogP contribution in [0.5, 0.6) is 0 Å². The van der Waals surface area contributed by atoms with Gasteiger partial charge in [-0.1, -0.05) is 36.4 Å². The van der Waals surface area contributed by atoms with E-state index >= 15 is 0 Å². The molecule has 2 nitrogen and oxygen atoms in total. The molecular formula is C18H21NO. The molecule has 0 saturated carbocycles. The molecule has 0 aromatic heterocycles. The summed E-state index contributed by atoms with van der Waals surface area (Å²) in [6.45, 7) is 0.214. The number of hydrogen-bond donors (Lipinski definition) is 2. The maximum absolute atomic E-state index is 8.93. The van der Waals surface area contributed by atoms with Gasteiger partial charge in [-0.15, -0.1) is 0 Å². The number of aliphatic hydroxyl groups is 1. The van der Waals surface area contributed by atoms with Crippen LogP contribution in [-0.2, 0) is 19.3 Å². The predicted molar refractivity (Wildman–Crippen MR) is 83.1 cm³/mol. The highest BCUT2D eigenvalue weighted by Gasteiger charge is 2.17. The smallest absolute Gasteiger partial charge is 0.0471 e. The van der Waals surface area contributed by atoms with E-state index in [1.54, 1.807) is 0 Å². The van der Waals surface area contributed by atoms with Crippen LogP contribution in [0.15, 0.2) is 48.5 Å². The number of hydrogen-bond acceptors (Lipinski definition) is 2. The highest BCUT2D eigenvalue weighted by molar-refractivity contribution is 5.46. The molecule has 20 heavy (non-hydrogen) atoms. The molecule has 0 heterocycles. The Labute approximate surface area is 120 Å². The SMILES string of the molecule is OCCc1ccc(NC2CCc3ccccc3C2)cc1. The predicted octanol–water partition coefficient (Wildman–Crippen LogP) is 3.19. The van der Waals surface area contributed by atoms with Crippen LogP contribution < -0.4 is 5.32 Å². The quantitative estimate of drug-likeness (QED) is 0.891. The Morgan fingerprint density at radius 3 is 2.50 bits per heavy atom. The van der Waals surface area contributed by atoms with Gasteiger partial charge < -0.3 is 10.4 Å². The lowest BCUT2D eigenvalue weighted by Crippen LogP contribution is -2.27. The van der Waals surface area contributed by atoms with E-state index in [-0.39, 0.29) is 6.61 Å². The molecule has 1 atom stereocenters. The van der Waals surface area contributed by atoms with Gasteiger partial charge >= 0.3 is 0 Å². The molecule has 1 unspecified atom stereocenters. The lowest BCUT2D eigenvalue weighted by atomic mass is 9.88. The van der Waals surface area contributed by atoms with Gasteiger partial charge in [-0.3, -0.25) is 0 Å². The van der Waals surface area contributed by atoms with Crippen LogP contribution in [0.4, 0.5) is 5.69 Å². The van der Waals surface area contributed by atoms with Crippen LogP contribution in [0.25, 0.3) is 0 Å². The van der Waals surface area contributed by atoms with Gasteiger partial charge in [0.1, 0.15) is 0 Å². The van der Waals surface area contributed by atoms with Crippen molar-refractivity contribution in [2.45, 2.75) is 31.7 Å². The Bertz CT molecular complexity index is 562. The summed E-state index contributed by atoms with van der Waals surface area (Å²) >= 11 is 0. The number of rotatable bonds is 4. The molecule has 0 fully saturated rings. The monoisotopic (exact) mass is 267 g/mol. The molecule has 1 aliphatic carbocycles. The van der Waals surface area contributed by atoms with E-state index in [1.165, 1.54) is 28.8 Å². The maximum Gasteiger partial charge on any atom is 0.0471 e. The fourth-order valence-corrected chi connectivity index (χ4v) is 2.95. The second-order valence-corrected chi connectivity index (χ2v) is 5.52. The number of aryl methyl sites for hydroxylation is 1. The van der Waals surface area contributed by atoms with Crippen molar-refractivity contribution in [2.24, 2.45) is 0 Å². The molecule has 2 N–H and O–H groups in total. The molecule has 0 spiro atoms. The standard InChI is InChI=1S/C18H21NO/c20-12-11-14-5-8-17(9-6-14)19-18-10-7-15-3-1-2-4-16(15)13-18/h1-6,8-9,18-20H,7,10-13H2. The largest absolute Gasteiger partial charge is 0.396 e. The first-order chi connectivity index (χ1) is 9.85. The van der Waals surface area contributed by atoms with Crippen LogP contribution >= 0.6 is 0 Å². The Hall–Kier alpha value is -1.80. The third-order valence-corrected chi connectivity index (χ3v) is 4.07. The Balaban J connectivity index is 1.64. The zero-order chi connectivity index (χ0) is 13.8. The van der Waals surface area contributed by atoms with Crippen molar-refractivity contribution in [3.05, 3.63) is 65.2 Å². The molecule has 3 rings (SSSR count). The van der Waals surface area contributed by atoms with E-state index < -0.39 is 0 Å². The fourth-order valence-electron chi connectivity index (χ4n) is 2.95. The van der Waals surface area contributed by atoms with Gasteiger partial charge in [0.15, 0.2) is 0 Å². The highest BCUT2D eigenvalue weighted by Crippen LogP contribution is 2.23. The molecule has 0 saturated heterocycles. The van der Waals surface area contributed by atoms with Crippen molar-refractivity contribution >= 4 is 5.69 Å². The van der Waals surface area contributed by atoms with E-state index in [2.05, 4.69) is 53.8 Å². The van der Waals surface area contributed by atoms with E-state index in [0.717, 1.165) is 19.3 Å². The summed E-state index contributed by atoms with van der Waals surface area (Å²) < 4.78 is 0. The van der Waals surface area contributed by atoms with Crippen molar-refractivity contribution in [3.63, 3.8) is 0 Å². The van der Waals surface area contributed by atoms with Gasteiger partial charge in [0.25, 0.3) is 0 Å². The molecule has 0 amide bonds. The summed E-state index contributed by atoms with van der Waals surface area (Å²) in [4.78, 5) is 0. The van der Waals surface area contributed by atoms with Crippen molar-refractivity contribution < 1.29 is 5.11 Å². The van der Waals surface area contributed by atoms with Crippen LogP contribution in [0.2, 0.25) is 0 Å². The lowest BCUT2D eigenvalue weighted by molar-refractivity contribution is 0.299. The first-order valence-corrected chi connectivity index (χ1v) is 7.38. The minimum atomic E-state index is 0.214. The normalized spacial score (nSPS) is 17.6. The minimum Gasteiger partial charge on any atom is -0.396 e. The number of nitrogens with one attached hydrogen (secondary N) is 1. The topological polar surface area (TPSA) is 32.3 Å². The van der Waals surface area contributed by atoms with Gasteiger partial charge in [-0.2, -0.15) is 0 Å². The van der Waals surface area contributed by atoms with Crippen molar-refractivity contribution in [2.75, 3.05) is 11.9 Å².